The van der Waals surface area contributed by atoms with Crippen molar-refractivity contribution in [1.29, 1.82) is 0 Å². The van der Waals surface area contributed by atoms with Crippen LogP contribution in [-0.4, -0.2) is 0 Å². The van der Waals surface area contributed by atoms with Crippen LogP contribution in [0.15, 0.2) is 47.1 Å². The van der Waals surface area contributed by atoms with Crippen LogP contribution in [0.5, 0.6) is 0 Å². The minimum absolute atomic E-state index is 0.262. The lowest BCUT2D eigenvalue weighted by Gasteiger charge is -2.35. The summed E-state index contributed by atoms with van der Waals surface area (Å²) in [5.74, 6) is 1.28. The smallest absolute Gasteiger partial charge is 0.00671 e. The van der Waals surface area contributed by atoms with Crippen LogP contribution in [0.3, 0.4) is 0 Å². The van der Waals surface area contributed by atoms with Crippen LogP contribution in [0.2, 0.25) is 0 Å². The molecule has 1 aliphatic carbocycles. The molecule has 0 amide bonds. The van der Waals surface area contributed by atoms with E-state index in [0.29, 0.717) is 11.8 Å². The zero-order valence-electron chi connectivity index (χ0n) is 14.5. The fourth-order valence-electron chi connectivity index (χ4n) is 3.04. The molecule has 112 valence electrons. The van der Waals surface area contributed by atoms with Gasteiger partial charge in [0.05, 0.1) is 0 Å². The maximum Gasteiger partial charge on any atom is -0.00671 e. The Morgan fingerprint density at radius 2 is 1.90 bits per heavy atom. The molecule has 0 saturated carbocycles. The summed E-state index contributed by atoms with van der Waals surface area (Å²) in [6.07, 6.45) is 9.33. The van der Waals surface area contributed by atoms with Crippen LogP contribution in [0.4, 0.5) is 0 Å². The van der Waals surface area contributed by atoms with Gasteiger partial charge < -0.3 is 0 Å². The van der Waals surface area contributed by atoms with Crippen LogP contribution >= 0.6 is 0 Å². The van der Waals surface area contributed by atoms with Crippen LogP contribution in [0, 0.1) is 17.3 Å². The number of rotatable bonds is 4. The van der Waals surface area contributed by atoms with Crippen molar-refractivity contribution >= 4 is 0 Å². The molecule has 0 aromatic heterocycles. The molecule has 0 aliphatic heterocycles. The predicted molar refractivity (Wildman–Crippen MR) is 91.8 cm³/mol. The summed E-state index contributed by atoms with van der Waals surface area (Å²) in [6.45, 7) is 20.0. The van der Waals surface area contributed by atoms with Crippen molar-refractivity contribution in [3.63, 3.8) is 0 Å². The van der Waals surface area contributed by atoms with E-state index in [4.69, 9.17) is 0 Å². The minimum Gasteiger partial charge on any atom is -0.0961 e. The van der Waals surface area contributed by atoms with E-state index in [0.717, 1.165) is 18.4 Å². The largest absolute Gasteiger partial charge is 0.0961 e. The van der Waals surface area contributed by atoms with Crippen molar-refractivity contribution in [2.75, 3.05) is 0 Å². The Balaban J connectivity index is 3.04. The second-order valence-corrected chi connectivity index (χ2v) is 7.42. The first kappa shape index (κ1) is 17.0. The molecule has 0 bridgehead atoms. The average molecular weight is 272 g/mol. The molecule has 0 nitrogen and oxygen atoms in total. The minimum atomic E-state index is 0.262. The molecule has 0 N–H and O–H groups in total. The van der Waals surface area contributed by atoms with Crippen LogP contribution in [0.25, 0.3) is 0 Å². The molecule has 20 heavy (non-hydrogen) atoms. The molecule has 1 aliphatic rings. The third-order valence-electron chi connectivity index (χ3n) is 4.30. The van der Waals surface area contributed by atoms with Gasteiger partial charge >= 0.3 is 0 Å². The first-order valence-electron chi connectivity index (χ1n) is 7.92. The van der Waals surface area contributed by atoms with E-state index in [9.17, 15) is 0 Å². The third-order valence-corrected chi connectivity index (χ3v) is 4.30. The van der Waals surface area contributed by atoms with Gasteiger partial charge in [-0.2, -0.15) is 0 Å². The molecule has 0 saturated heterocycles. The quantitative estimate of drug-likeness (QED) is 0.514. The Hall–Kier alpha value is -1.04. The van der Waals surface area contributed by atoms with E-state index in [-0.39, 0.29) is 5.41 Å². The lowest BCUT2D eigenvalue weighted by atomic mass is 9.70. The zero-order valence-corrected chi connectivity index (χ0v) is 14.5. The second-order valence-electron chi connectivity index (χ2n) is 7.42. The second kappa shape index (κ2) is 6.61. The Morgan fingerprint density at radius 1 is 1.30 bits per heavy atom. The van der Waals surface area contributed by atoms with Crippen molar-refractivity contribution in [1.82, 2.24) is 0 Å². The highest BCUT2D eigenvalue weighted by molar-refractivity contribution is 5.37. The van der Waals surface area contributed by atoms with Crippen molar-refractivity contribution in [3.8, 4) is 0 Å². The van der Waals surface area contributed by atoms with E-state index in [2.05, 4.69) is 73.3 Å². The summed E-state index contributed by atoms with van der Waals surface area (Å²) >= 11 is 0. The molecule has 0 aromatic carbocycles. The highest BCUT2D eigenvalue weighted by Gasteiger charge is 2.28. The molecule has 0 fully saturated rings. The molecular weight excluding hydrogens is 240 g/mol. The molecule has 0 spiro atoms. The molecule has 0 heterocycles. The summed E-state index contributed by atoms with van der Waals surface area (Å²) in [4.78, 5) is 0. The standard InChI is InChI=1S/C20H32/c1-9-17(10-14(2)3)12-18-11-15(4)16(5)19(13-18)20(6,7)8/h10-11,13,15-16H,2,9,12H2,1,3-8H3/b17-10+. The Labute approximate surface area is 126 Å². The van der Waals surface area contributed by atoms with Gasteiger partial charge in [0.25, 0.3) is 0 Å². The molecule has 0 radical (unpaired) electrons. The SMILES string of the molecule is C=C(C)/C=C(\CC)CC1=CC(C)C(C)C(C(C)(C)C)=C1. The van der Waals surface area contributed by atoms with Crippen molar-refractivity contribution in [3.05, 3.63) is 47.1 Å². The number of allylic oxidation sites excluding steroid dienone is 7. The van der Waals surface area contributed by atoms with Gasteiger partial charge in [0.15, 0.2) is 0 Å². The summed E-state index contributed by atoms with van der Waals surface area (Å²) in [5.41, 5.74) is 5.97. The summed E-state index contributed by atoms with van der Waals surface area (Å²) in [5, 5.41) is 0. The van der Waals surface area contributed by atoms with E-state index >= 15 is 0 Å². The van der Waals surface area contributed by atoms with Crippen molar-refractivity contribution in [2.45, 2.75) is 61.3 Å². The molecule has 2 atom stereocenters. The van der Waals surface area contributed by atoms with E-state index in [1.165, 1.54) is 11.1 Å². The first-order valence-corrected chi connectivity index (χ1v) is 7.92. The van der Waals surface area contributed by atoms with Gasteiger partial charge in [-0.15, -0.1) is 0 Å². The highest BCUT2D eigenvalue weighted by atomic mass is 14.3. The third kappa shape index (κ3) is 4.51. The summed E-state index contributed by atoms with van der Waals surface area (Å²) in [7, 11) is 0. The van der Waals surface area contributed by atoms with Crippen LogP contribution in [0.1, 0.15) is 61.3 Å². The van der Waals surface area contributed by atoms with Gasteiger partial charge in [-0.1, -0.05) is 83.1 Å². The normalized spacial score (nSPS) is 24.2. The molecule has 0 heteroatoms. The predicted octanol–water partition coefficient (Wildman–Crippen LogP) is 6.47. The summed E-state index contributed by atoms with van der Waals surface area (Å²) in [6, 6.07) is 0. The topological polar surface area (TPSA) is 0 Å². The summed E-state index contributed by atoms with van der Waals surface area (Å²) < 4.78 is 0. The van der Waals surface area contributed by atoms with Gasteiger partial charge in [0.2, 0.25) is 0 Å². The molecule has 1 rings (SSSR count). The maximum atomic E-state index is 4.01. The van der Waals surface area contributed by atoms with Gasteiger partial charge in [-0.05, 0) is 42.6 Å². The van der Waals surface area contributed by atoms with Gasteiger partial charge in [0, 0.05) is 0 Å². The lowest BCUT2D eigenvalue weighted by Crippen LogP contribution is -2.23. The molecular formula is C20H32. The number of hydrogen-bond acceptors (Lipinski definition) is 0. The van der Waals surface area contributed by atoms with Crippen molar-refractivity contribution < 1.29 is 0 Å². The average Bonchev–Trinajstić information content (AvgIpc) is 2.30. The molecule has 0 aromatic rings. The van der Waals surface area contributed by atoms with Gasteiger partial charge in [-0.25, -0.2) is 0 Å². The van der Waals surface area contributed by atoms with Crippen LogP contribution in [-0.2, 0) is 0 Å². The van der Waals surface area contributed by atoms with Crippen molar-refractivity contribution in [2.24, 2.45) is 17.3 Å². The van der Waals surface area contributed by atoms with Gasteiger partial charge in [0.1, 0.15) is 0 Å². The lowest BCUT2D eigenvalue weighted by molar-refractivity contribution is 0.386. The Bertz CT molecular complexity index is 449. The zero-order chi connectivity index (χ0) is 15.5. The Morgan fingerprint density at radius 3 is 2.35 bits per heavy atom. The maximum absolute atomic E-state index is 4.01. The van der Waals surface area contributed by atoms with E-state index in [1.807, 2.05) is 0 Å². The highest BCUT2D eigenvalue weighted by Crippen LogP contribution is 2.40. The fraction of sp³-hybridized carbons (Fsp3) is 0.600. The van der Waals surface area contributed by atoms with E-state index in [1.54, 1.807) is 5.57 Å². The van der Waals surface area contributed by atoms with E-state index < -0.39 is 0 Å². The monoisotopic (exact) mass is 272 g/mol. The first-order chi connectivity index (χ1) is 9.15. The fourth-order valence-corrected chi connectivity index (χ4v) is 3.04. The van der Waals surface area contributed by atoms with Gasteiger partial charge in [-0.3, -0.25) is 0 Å². The Kier molecular flexibility index (Phi) is 5.62. The van der Waals surface area contributed by atoms with Crippen LogP contribution < -0.4 is 0 Å². The molecule has 2 unspecified atom stereocenters. The number of hydrogen-bond donors (Lipinski definition) is 0.